The quantitative estimate of drug-likeness (QED) is 0.168. The number of allylic oxidation sites excluding steroid dienone is 1. The molecule has 0 aliphatic heterocycles. The van der Waals surface area contributed by atoms with Crippen molar-refractivity contribution in [1.29, 1.82) is 0 Å². The summed E-state index contributed by atoms with van der Waals surface area (Å²) in [6.45, 7) is 7.11. The molecule has 8 aromatic rings. The number of anilines is 3. The van der Waals surface area contributed by atoms with Crippen LogP contribution in [0.3, 0.4) is 0 Å². The lowest BCUT2D eigenvalue weighted by Gasteiger charge is -2.30. The summed E-state index contributed by atoms with van der Waals surface area (Å²) in [5.74, 6) is 0.530. The van der Waals surface area contributed by atoms with Crippen LogP contribution in [-0.2, 0) is 5.41 Å². The first-order valence-electron chi connectivity index (χ1n) is 19.1. The van der Waals surface area contributed by atoms with E-state index in [9.17, 15) is 0 Å². The maximum absolute atomic E-state index is 2.48. The van der Waals surface area contributed by atoms with Crippen molar-refractivity contribution in [2.45, 2.75) is 38.0 Å². The van der Waals surface area contributed by atoms with Crippen molar-refractivity contribution in [2.24, 2.45) is 0 Å². The summed E-state index contributed by atoms with van der Waals surface area (Å²) in [4.78, 5) is 2.42. The van der Waals surface area contributed by atoms with Crippen molar-refractivity contribution < 1.29 is 0 Å². The molecule has 0 amide bonds. The van der Waals surface area contributed by atoms with Crippen LogP contribution in [0.4, 0.5) is 17.1 Å². The Hall–Kier alpha value is -6.38. The highest BCUT2D eigenvalue weighted by Gasteiger charge is 2.36. The molecule has 2 nitrogen and oxygen atoms in total. The molecule has 2 unspecified atom stereocenters. The molecular weight excluding hydrogens is 653 g/mol. The summed E-state index contributed by atoms with van der Waals surface area (Å²) in [6.07, 6.45) is 4.78. The van der Waals surface area contributed by atoms with E-state index in [0.717, 1.165) is 17.1 Å². The van der Waals surface area contributed by atoms with Gasteiger partial charge in [-0.2, -0.15) is 0 Å². The van der Waals surface area contributed by atoms with Crippen LogP contribution in [0.5, 0.6) is 0 Å². The third kappa shape index (κ3) is 5.09. The van der Waals surface area contributed by atoms with E-state index in [1.807, 2.05) is 0 Å². The fourth-order valence-corrected chi connectivity index (χ4v) is 9.26. The van der Waals surface area contributed by atoms with E-state index in [-0.39, 0.29) is 17.3 Å². The maximum atomic E-state index is 2.48. The molecule has 54 heavy (non-hydrogen) atoms. The Bertz CT molecular complexity index is 2680. The number of fused-ring (bicyclic) bond motifs is 6. The summed E-state index contributed by atoms with van der Waals surface area (Å²) in [6, 6.07) is 64.5. The van der Waals surface area contributed by atoms with Crippen molar-refractivity contribution in [3.05, 3.63) is 210 Å². The average molecular weight is 695 g/mol. The van der Waals surface area contributed by atoms with Crippen molar-refractivity contribution in [1.82, 2.24) is 4.57 Å². The van der Waals surface area contributed by atoms with Crippen LogP contribution in [0.15, 0.2) is 182 Å². The van der Waals surface area contributed by atoms with Gasteiger partial charge in [-0.05, 0) is 93.5 Å². The topological polar surface area (TPSA) is 8.17 Å². The Balaban J connectivity index is 1.05. The van der Waals surface area contributed by atoms with Crippen molar-refractivity contribution in [3.8, 4) is 27.9 Å². The molecule has 2 aliphatic rings. The van der Waals surface area contributed by atoms with Gasteiger partial charge in [0.05, 0.1) is 5.52 Å². The summed E-state index contributed by atoms with van der Waals surface area (Å²) >= 11 is 0. The van der Waals surface area contributed by atoms with E-state index in [1.165, 1.54) is 66.8 Å². The van der Waals surface area contributed by atoms with Gasteiger partial charge in [-0.25, -0.2) is 0 Å². The number of hydrogen-bond acceptors (Lipinski definition) is 1. The van der Waals surface area contributed by atoms with Crippen molar-refractivity contribution in [3.63, 3.8) is 0 Å². The zero-order chi connectivity index (χ0) is 36.4. The van der Waals surface area contributed by atoms with Gasteiger partial charge >= 0.3 is 0 Å². The van der Waals surface area contributed by atoms with Crippen molar-refractivity contribution in [2.75, 3.05) is 4.90 Å². The highest BCUT2D eigenvalue weighted by atomic mass is 15.1. The molecular formula is C52H42N2. The minimum Gasteiger partial charge on any atom is -0.313 e. The van der Waals surface area contributed by atoms with Crippen molar-refractivity contribution >= 4 is 34.0 Å². The zero-order valence-corrected chi connectivity index (χ0v) is 30.9. The average Bonchev–Trinajstić information content (AvgIpc) is 3.68. The van der Waals surface area contributed by atoms with Crippen LogP contribution in [0.25, 0.3) is 44.9 Å². The molecule has 1 heterocycles. The van der Waals surface area contributed by atoms with Gasteiger partial charge in [-0.1, -0.05) is 154 Å². The number of hydrogen-bond donors (Lipinski definition) is 0. The predicted molar refractivity (Wildman–Crippen MR) is 228 cm³/mol. The van der Waals surface area contributed by atoms with Gasteiger partial charge in [-0.3, -0.25) is 0 Å². The second kappa shape index (κ2) is 12.6. The molecule has 2 heteroatoms. The molecule has 1 aromatic heterocycles. The molecule has 10 rings (SSSR count). The molecule has 0 N–H and O–H groups in total. The fraction of sp³-hybridized carbons (Fsp3) is 0.115. The van der Waals surface area contributed by atoms with Gasteiger partial charge in [0.1, 0.15) is 0 Å². The molecule has 0 spiro atoms. The van der Waals surface area contributed by atoms with Gasteiger partial charge in [0.15, 0.2) is 0 Å². The Labute approximate surface area is 318 Å². The Morgan fingerprint density at radius 2 is 1.13 bits per heavy atom. The van der Waals surface area contributed by atoms with Crippen LogP contribution in [0.2, 0.25) is 0 Å². The monoisotopic (exact) mass is 694 g/mol. The lowest BCUT2D eigenvalue weighted by atomic mass is 9.79. The van der Waals surface area contributed by atoms with E-state index in [2.05, 4.69) is 218 Å². The normalized spacial score (nSPS) is 16.5. The Morgan fingerprint density at radius 3 is 1.89 bits per heavy atom. The Kier molecular flexibility index (Phi) is 7.56. The SMILES string of the molecule is CC1c2c(c3ccccc3n2-c2ccccc2)C=CC1c1ccc(N(c2ccc(-c3ccccc3)cc2)c2ccc3c(c2)C(C)(C)c2ccccc2-3)cc1. The fourth-order valence-electron chi connectivity index (χ4n) is 9.26. The summed E-state index contributed by atoms with van der Waals surface area (Å²) in [5.41, 5.74) is 17.7. The van der Waals surface area contributed by atoms with Crippen LogP contribution in [0, 0.1) is 0 Å². The second-order valence-electron chi connectivity index (χ2n) is 15.4. The lowest BCUT2D eigenvalue weighted by Crippen LogP contribution is -2.17. The van der Waals surface area contributed by atoms with E-state index in [0.29, 0.717) is 0 Å². The predicted octanol–water partition coefficient (Wildman–Crippen LogP) is 14.0. The number of rotatable bonds is 6. The van der Waals surface area contributed by atoms with E-state index >= 15 is 0 Å². The van der Waals surface area contributed by atoms with Gasteiger partial charge in [0.25, 0.3) is 0 Å². The van der Waals surface area contributed by atoms with Crippen LogP contribution < -0.4 is 4.90 Å². The minimum absolute atomic E-state index is 0.0842. The first-order valence-corrected chi connectivity index (χ1v) is 19.1. The lowest BCUT2D eigenvalue weighted by molar-refractivity contribution is 0.639. The molecule has 0 radical (unpaired) electrons. The number of nitrogens with zero attached hydrogens (tertiary/aromatic N) is 2. The van der Waals surface area contributed by atoms with E-state index in [1.54, 1.807) is 0 Å². The summed E-state index contributed by atoms with van der Waals surface area (Å²) < 4.78 is 2.48. The highest BCUT2D eigenvalue weighted by molar-refractivity contribution is 5.94. The standard InChI is InChI=1S/C52H42N2/c1-35-43(32-33-47-46-19-11-13-21-50(46)54(51(35)47)39-16-8-5-9-17-39)38-24-28-41(29-25-38)53(40-26-22-37(23-27-40)36-14-6-4-7-15-36)42-30-31-45-44-18-10-12-20-48(44)52(2,3)49(45)34-42/h4-35,43H,1-3H3. The number of benzene rings is 7. The summed E-state index contributed by atoms with van der Waals surface area (Å²) in [7, 11) is 0. The van der Waals surface area contributed by atoms with Gasteiger partial charge in [0, 0.05) is 56.6 Å². The molecule has 2 aliphatic carbocycles. The zero-order valence-electron chi connectivity index (χ0n) is 30.9. The first-order chi connectivity index (χ1) is 26.5. The third-order valence-corrected chi connectivity index (χ3v) is 12.0. The maximum Gasteiger partial charge on any atom is 0.0537 e. The van der Waals surface area contributed by atoms with Gasteiger partial charge in [0.2, 0.25) is 0 Å². The molecule has 0 saturated carbocycles. The third-order valence-electron chi connectivity index (χ3n) is 12.0. The molecule has 0 saturated heterocycles. The van der Waals surface area contributed by atoms with Crippen LogP contribution >= 0.6 is 0 Å². The largest absolute Gasteiger partial charge is 0.313 e. The van der Waals surface area contributed by atoms with Crippen LogP contribution in [0.1, 0.15) is 60.6 Å². The minimum atomic E-state index is -0.0842. The van der Waals surface area contributed by atoms with E-state index < -0.39 is 0 Å². The highest BCUT2D eigenvalue weighted by Crippen LogP contribution is 2.51. The first kappa shape index (κ1) is 32.3. The molecule has 260 valence electrons. The molecule has 2 atom stereocenters. The number of para-hydroxylation sites is 2. The summed E-state index contributed by atoms with van der Waals surface area (Å²) in [5, 5.41) is 1.31. The molecule has 0 bridgehead atoms. The molecule has 7 aromatic carbocycles. The smallest absolute Gasteiger partial charge is 0.0537 e. The van der Waals surface area contributed by atoms with E-state index in [4.69, 9.17) is 0 Å². The second-order valence-corrected chi connectivity index (χ2v) is 15.4. The molecule has 0 fully saturated rings. The number of aromatic nitrogens is 1. The van der Waals surface area contributed by atoms with Gasteiger partial charge < -0.3 is 9.47 Å². The van der Waals surface area contributed by atoms with Gasteiger partial charge in [-0.15, -0.1) is 0 Å². The Morgan fingerprint density at radius 1 is 0.537 bits per heavy atom. The van der Waals surface area contributed by atoms with Crippen LogP contribution in [-0.4, -0.2) is 4.57 Å².